The molecule has 1 radical (unpaired) electrons. The molecule has 2 nitrogen and oxygen atoms in total. The first-order valence-corrected chi connectivity index (χ1v) is 3.42. The van der Waals surface area contributed by atoms with E-state index < -0.39 is 0 Å². The Balaban J connectivity index is 2.37. The van der Waals surface area contributed by atoms with Crippen LogP contribution >= 0.6 is 0 Å². The first kappa shape index (κ1) is 6.59. The van der Waals surface area contributed by atoms with E-state index in [0.717, 1.165) is 0 Å². The van der Waals surface area contributed by atoms with Gasteiger partial charge in [-0.25, -0.2) is 0 Å². The van der Waals surface area contributed by atoms with Gasteiger partial charge >= 0.3 is 6.41 Å². The lowest BCUT2D eigenvalue weighted by molar-refractivity contribution is 0.316. The number of nitrogens with zero attached hydrogens (tertiary/aromatic N) is 1. The van der Waals surface area contributed by atoms with Gasteiger partial charge in [-0.3, -0.25) is 4.79 Å². The lowest BCUT2D eigenvalue weighted by Gasteiger charge is -2.19. The van der Waals surface area contributed by atoms with Gasteiger partial charge < -0.3 is 4.90 Å². The molecule has 0 unspecified atom stereocenters. The molecule has 1 amide bonds. The molecule has 0 spiro atoms. The number of carbonyl (C=O) groups excluding carboxylic acids is 1. The number of hydrogen-bond donors (Lipinski definition) is 0. The van der Waals surface area contributed by atoms with Gasteiger partial charge in [-0.1, -0.05) is 0 Å². The van der Waals surface area contributed by atoms with E-state index in [0.29, 0.717) is 12.1 Å². The minimum Gasteiger partial charge on any atom is -0.329 e. The fourth-order valence-electron chi connectivity index (χ4n) is 0.954. The summed E-state index contributed by atoms with van der Waals surface area (Å²) in [4.78, 5) is 12.0. The van der Waals surface area contributed by atoms with Crippen LogP contribution in [0.25, 0.3) is 0 Å². The summed E-state index contributed by atoms with van der Waals surface area (Å²) < 4.78 is 0. The molecule has 0 saturated heterocycles. The van der Waals surface area contributed by atoms with Crippen molar-refractivity contribution in [3.63, 3.8) is 0 Å². The monoisotopic (exact) mass is 126 g/mol. The Kier molecular flexibility index (Phi) is 1.74. The van der Waals surface area contributed by atoms with Crippen molar-refractivity contribution in [3.8, 4) is 0 Å². The fraction of sp³-hybridized carbons (Fsp3) is 0.857. The van der Waals surface area contributed by atoms with Gasteiger partial charge in [0, 0.05) is 12.1 Å². The van der Waals surface area contributed by atoms with E-state index in [2.05, 4.69) is 0 Å². The summed E-state index contributed by atoms with van der Waals surface area (Å²) in [6, 6.07) is 0.845. The van der Waals surface area contributed by atoms with Crippen LogP contribution in [0.4, 0.5) is 0 Å². The Morgan fingerprint density at radius 2 is 2.11 bits per heavy atom. The second-order valence-corrected chi connectivity index (χ2v) is 2.82. The molecule has 51 valence electrons. The van der Waals surface area contributed by atoms with Crippen LogP contribution in [0.3, 0.4) is 0 Å². The molecule has 0 heterocycles. The van der Waals surface area contributed by atoms with Crippen molar-refractivity contribution in [2.75, 3.05) is 0 Å². The molecular formula is C7H12NO. The highest BCUT2D eigenvalue weighted by Crippen LogP contribution is 2.26. The Hall–Kier alpha value is -0.530. The molecule has 9 heavy (non-hydrogen) atoms. The average Bonchev–Trinajstić information content (AvgIpc) is 2.50. The van der Waals surface area contributed by atoms with Crippen LogP contribution < -0.4 is 0 Å². The molecule has 1 aliphatic rings. The van der Waals surface area contributed by atoms with Gasteiger partial charge in [0.15, 0.2) is 0 Å². The van der Waals surface area contributed by atoms with Crippen LogP contribution in [0.1, 0.15) is 26.7 Å². The molecule has 2 heteroatoms. The standard InChI is InChI=1S/C7H12NO/c1-6(2)8(5-9)7-3-4-7/h6-7H,3-4H2,1-2H3. The maximum atomic E-state index is 10.2. The Labute approximate surface area is 55.8 Å². The second-order valence-electron chi connectivity index (χ2n) is 2.82. The van der Waals surface area contributed by atoms with Crippen molar-refractivity contribution in [2.45, 2.75) is 38.8 Å². The summed E-state index contributed by atoms with van der Waals surface area (Å²) in [7, 11) is 0. The van der Waals surface area contributed by atoms with E-state index >= 15 is 0 Å². The van der Waals surface area contributed by atoms with Crippen LogP contribution in [0.2, 0.25) is 0 Å². The average molecular weight is 126 g/mol. The van der Waals surface area contributed by atoms with E-state index in [1.165, 1.54) is 12.8 Å². The van der Waals surface area contributed by atoms with Crippen molar-refractivity contribution in [1.82, 2.24) is 4.90 Å². The number of amides is 1. The van der Waals surface area contributed by atoms with Crippen molar-refractivity contribution in [1.29, 1.82) is 0 Å². The lowest BCUT2D eigenvalue weighted by atomic mass is 10.3. The zero-order chi connectivity index (χ0) is 6.85. The molecule has 1 fully saturated rings. The maximum Gasteiger partial charge on any atom is 0.312 e. The molecule has 0 N–H and O–H groups in total. The minimum atomic E-state index is 0.329. The first-order chi connectivity index (χ1) is 4.25. The predicted molar refractivity (Wildman–Crippen MR) is 35.7 cm³/mol. The third-order valence-electron chi connectivity index (χ3n) is 1.60. The number of hydrogen-bond acceptors (Lipinski definition) is 1. The molecule has 1 rings (SSSR count). The van der Waals surface area contributed by atoms with E-state index in [4.69, 9.17) is 0 Å². The molecule has 1 aliphatic carbocycles. The van der Waals surface area contributed by atoms with Crippen molar-refractivity contribution in [2.24, 2.45) is 0 Å². The summed E-state index contributed by atoms with van der Waals surface area (Å²) in [5.41, 5.74) is 0. The van der Waals surface area contributed by atoms with Gasteiger partial charge in [-0.2, -0.15) is 0 Å². The Bertz CT molecular complexity index is 105. The molecule has 0 atom stereocenters. The Morgan fingerprint density at radius 3 is 2.22 bits per heavy atom. The predicted octanol–water partition coefficient (Wildman–Crippen LogP) is 0.926. The zero-order valence-corrected chi connectivity index (χ0v) is 5.92. The molecule has 0 aliphatic heterocycles. The normalized spacial score (nSPS) is 18.1. The van der Waals surface area contributed by atoms with Gasteiger partial charge in [0.25, 0.3) is 0 Å². The minimum absolute atomic E-state index is 0.329. The van der Waals surface area contributed by atoms with Gasteiger partial charge in [0.1, 0.15) is 0 Å². The SMILES string of the molecule is CC(C)N([C]=O)C1CC1. The van der Waals surface area contributed by atoms with Gasteiger partial charge in [-0.15, -0.1) is 0 Å². The van der Waals surface area contributed by atoms with E-state index in [1.54, 1.807) is 4.90 Å². The van der Waals surface area contributed by atoms with Crippen LogP contribution in [-0.4, -0.2) is 23.4 Å². The summed E-state index contributed by atoms with van der Waals surface area (Å²) in [5.74, 6) is 0. The lowest BCUT2D eigenvalue weighted by Crippen LogP contribution is -2.31. The van der Waals surface area contributed by atoms with Crippen LogP contribution in [0.15, 0.2) is 0 Å². The van der Waals surface area contributed by atoms with E-state index in [1.807, 2.05) is 20.3 Å². The molecule has 0 aromatic rings. The second kappa shape index (κ2) is 2.38. The largest absolute Gasteiger partial charge is 0.329 e. The van der Waals surface area contributed by atoms with Crippen LogP contribution in [-0.2, 0) is 4.79 Å². The molecule has 1 saturated carbocycles. The molecular weight excluding hydrogens is 114 g/mol. The van der Waals surface area contributed by atoms with Crippen molar-refractivity contribution >= 4 is 6.41 Å². The summed E-state index contributed by atoms with van der Waals surface area (Å²) in [5, 5.41) is 0. The zero-order valence-electron chi connectivity index (χ0n) is 5.92. The smallest absolute Gasteiger partial charge is 0.312 e. The summed E-state index contributed by atoms with van der Waals surface area (Å²) in [6.45, 7) is 4.03. The molecule has 0 aromatic carbocycles. The van der Waals surface area contributed by atoms with Gasteiger partial charge in [0.2, 0.25) is 0 Å². The molecule has 0 aromatic heterocycles. The van der Waals surface area contributed by atoms with Crippen LogP contribution in [0.5, 0.6) is 0 Å². The first-order valence-electron chi connectivity index (χ1n) is 3.42. The maximum absolute atomic E-state index is 10.2. The highest BCUT2D eigenvalue weighted by Gasteiger charge is 2.29. The third-order valence-corrected chi connectivity index (χ3v) is 1.60. The highest BCUT2D eigenvalue weighted by molar-refractivity contribution is 5.50. The number of rotatable bonds is 3. The quantitative estimate of drug-likeness (QED) is 0.515. The van der Waals surface area contributed by atoms with Gasteiger partial charge in [0.05, 0.1) is 0 Å². The van der Waals surface area contributed by atoms with Gasteiger partial charge in [-0.05, 0) is 26.7 Å². The Morgan fingerprint density at radius 1 is 1.56 bits per heavy atom. The van der Waals surface area contributed by atoms with E-state index in [-0.39, 0.29) is 0 Å². The van der Waals surface area contributed by atoms with E-state index in [9.17, 15) is 4.79 Å². The van der Waals surface area contributed by atoms with Crippen molar-refractivity contribution < 1.29 is 4.79 Å². The summed E-state index contributed by atoms with van der Waals surface area (Å²) in [6.07, 6.45) is 4.29. The third kappa shape index (κ3) is 1.44. The summed E-state index contributed by atoms with van der Waals surface area (Å²) >= 11 is 0. The molecule has 0 bridgehead atoms. The van der Waals surface area contributed by atoms with Crippen molar-refractivity contribution in [3.05, 3.63) is 0 Å². The highest BCUT2D eigenvalue weighted by atomic mass is 16.1. The topological polar surface area (TPSA) is 20.3 Å². The fourth-order valence-corrected chi connectivity index (χ4v) is 0.954. The van der Waals surface area contributed by atoms with Crippen LogP contribution in [0, 0.1) is 0 Å².